The summed E-state index contributed by atoms with van der Waals surface area (Å²) in [7, 11) is 0. The fourth-order valence-electron chi connectivity index (χ4n) is 2.46. The van der Waals surface area contributed by atoms with E-state index in [9.17, 15) is 20.4 Å². The molecule has 0 bridgehead atoms. The first kappa shape index (κ1) is 10.3. The molecule has 0 saturated carbocycles. The molecule has 0 radical (unpaired) electrons. The Bertz CT molecular complexity index is 226. The molecule has 2 fully saturated rings. The quantitative estimate of drug-likeness (QED) is 0.304. The van der Waals surface area contributed by atoms with Crippen molar-refractivity contribution in [1.82, 2.24) is 4.90 Å². The third-order valence-electron chi connectivity index (χ3n) is 3.23. The summed E-state index contributed by atoms with van der Waals surface area (Å²) in [6.45, 7) is -0.126. The molecule has 1 unspecified atom stereocenters. The van der Waals surface area contributed by atoms with Gasteiger partial charge < -0.3 is 25.5 Å². The highest BCUT2D eigenvalue weighted by atomic mass is 16.4. The van der Waals surface area contributed by atoms with Crippen LogP contribution in [-0.2, 0) is 0 Å². The van der Waals surface area contributed by atoms with Gasteiger partial charge in [-0.3, -0.25) is 4.90 Å². The lowest BCUT2D eigenvalue weighted by molar-refractivity contribution is -0.0268. The second-order valence-corrected chi connectivity index (χ2v) is 3.98. The molecule has 2 aliphatic rings. The number of aliphatic hydroxyl groups is 5. The van der Waals surface area contributed by atoms with Gasteiger partial charge in [0.2, 0.25) is 0 Å². The average Bonchev–Trinajstić information content (AvgIpc) is 2.54. The van der Waals surface area contributed by atoms with Crippen LogP contribution in [-0.4, -0.2) is 80.1 Å². The van der Waals surface area contributed by atoms with Crippen molar-refractivity contribution in [3.05, 3.63) is 0 Å². The summed E-state index contributed by atoms with van der Waals surface area (Å²) in [5.41, 5.74) is 0. The number of nitrogens with zero attached hydrogens (tertiary/aromatic N) is 1. The van der Waals surface area contributed by atoms with Gasteiger partial charge in [-0.05, 0) is 0 Å². The van der Waals surface area contributed by atoms with E-state index in [4.69, 9.17) is 5.11 Å². The minimum Gasteiger partial charge on any atom is -0.395 e. The first-order valence-electron chi connectivity index (χ1n) is 4.66. The molecule has 2 saturated heterocycles. The van der Waals surface area contributed by atoms with Crippen LogP contribution in [0.2, 0.25) is 0 Å². The van der Waals surface area contributed by atoms with E-state index in [1.165, 1.54) is 0 Å². The molecule has 0 aromatic carbocycles. The number of fused-ring (bicyclic) bond motifs is 1. The Morgan fingerprint density at radius 1 is 1.00 bits per heavy atom. The number of aliphatic hydroxyl groups excluding tert-OH is 5. The highest BCUT2D eigenvalue weighted by Crippen LogP contribution is 2.33. The maximum Gasteiger partial charge on any atom is 0.0996 e. The fraction of sp³-hybridized carbons (Fsp3) is 1.00. The topological polar surface area (TPSA) is 104 Å². The van der Waals surface area contributed by atoms with E-state index in [0.717, 1.165) is 0 Å². The molecule has 0 spiro atoms. The van der Waals surface area contributed by atoms with Crippen molar-refractivity contribution in [3.8, 4) is 0 Å². The summed E-state index contributed by atoms with van der Waals surface area (Å²) < 4.78 is 0. The summed E-state index contributed by atoms with van der Waals surface area (Å²) in [4.78, 5) is 1.56. The van der Waals surface area contributed by atoms with E-state index >= 15 is 0 Å². The van der Waals surface area contributed by atoms with Gasteiger partial charge >= 0.3 is 0 Å². The standard InChI is InChI=1S/C8H15NO5/c10-2-3-6(12)8(14)5-7(13)4(11)1-9(3)5/h3-8,10-14H,1-2H2/t3-,4+,5?,6+,7-,8-/m1/s1. The minimum atomic E-state index is -1.11. The Hall–Kier alpha value is -0.240. The Kier molecular flexibility index (Phi) is 2.50. The van der Waals surface area contributed by atoms with E-state index in [-0.39, 0.29) is 13.2 Å². The lowest BCUT2D eigenvalue weighted by Crippen LogP contribution is -2.41. The highest BCUT2D eigenvalue weighted by Gasteiger charge is 2.56. The second-order valence-electron chi connectivity index (χ2n) is 3.98. The minimum absolute atomic E-state index is 0.172. The van der Waals surface area contributed by atoms with Crippen LogP contribution in [0.1, 0.15) is 0 Å². The summed E-state index contributed by atoms with van der Waals surface area (Å²) in [6, 6.07) is -1.26. The summed E-state index contributed by atoms with van der Waals surface area (Å²) >= 11 is 0. The maximum atomic E-state index is 9.58. The number of hydrogen-bond acceptors (Lipinski definition) is 6. The van der Waals surface area contributed by atoms with Gasteiger partial charge in [-0.1, -0.05) is 0 Å². The zero-order valence-electron chi connectivity index (χ0n) is 7.56. The molecule has 6 heteroatoms. The SMILES string of the molecule is OC[C@@H]1[C@H](O)[C@H](O)C2[C@H](O)[C@@H](O)CN21. The molecule has 0 aromatic heterocycles. The van der Waals surface area contributed by atoms with Crippen LogP contribution in [0.3, 0.4) is 0 Å². The molecule has 0 aromatic rings. The van der Waals surface area contributed by atoms with Gasteiger partial charge in [0.05, 0.1) is 43.1 Å². The molecular weight excluding hydrogens is 190 g/mol. The average molecular weight is 205 g/mol. The number of hydrogen-bond donors (Lipinski definition) is 5. The third-order valence-corrected chi connectivity index (χ3v) is 3.23. The molecule has 6 atom stereocenters. The Balaban J connectivity index is 2.21. The van der Waals surface area contributed by atoms with Gasteiger partial charge in [-0.15, -0.1) is 0 Å². The molecule has 0 aliphatic carbocycles. The molecule has 5 N–H and O–H groups in total. The van der Waals surface area contributed by atoms with E-state index < -0.39 is 36.5 Å². The first-order valence-corrected chi connectivity index (χ1v) is 4.66. The molecule has 2 aliphatic heterocycles. The van der Waals surface area contributed by atoms with Crippen LogP contribution in [0.5, 0.6) is 0 Å². The Morgan fingerprint density at radius 3 is 2.21 bits per heavy atom. The van der Waals surface area contributed by atoms with Crippen LogP contribution in [0.4, 0.5) is 0 Å². The zero-order chi connectivity index (χ0) is 10.5. The second kappa shape index (κ2) is 3.41. The van der Waals surface area contributed by atoms with Crippen molar-refractivity contribution in [2.45, 2.75) is 36.5 Å². The summed E-state index contributed by atoms with van der Waals surface area (Å²) in [5.74, 6) is 0. The lowest BCUT2D eigenvalue weighted by atomic mass is 10.0. The lowest BCUT2D eigenvalue weighted by Gasteiger charge is -2.22. The summed E-state index contributed by atoms with van der Waals surface area (Å²) in [5, 5.41) is 47.0. The van der Waals surface area contributed by atoms with Crippen molar-refractivity contribution in [1.29, 1.82) is 0 Å². The van der Waals surface area contributed by atoms with Gasteiger partial charge in [0, 0.05) is 6.54 Å². The molecule has 82 valence electrons. The van der Waals surface area contributed by atoms with E-state index in [0.29, 0.717) is 0 Å². The van der Waals surface area contributed by atoms with Crippen molar-refractivity contribution >= 4 is 0 Å². The number of rotatable bonds is 1. The fourth-order valence-corrected chi connectivity index (χ4v) is 2.46. The van der Waals surface area contributed by atoms with Gasteiger partial charge in [0.15, 0.2) is 0 Å². The van der Waals surface area contributed by atoms with E-state index in [1.54, 1.807) is 4.90 Å². The van der Waals surface area contributed by atoms with Crippen molar-refractivity contribution in [2.24, 2.45) is 0 Å². The van der Waals surface area contributed by atoms with E-state index in [1.807, 2.05) is 0 Å². The molecule has 2 rings (SSSR count). The van der Waals surface area contributed by atoms with Crippen molar-refractivity contribution < 1.29 is 25.5 Å². The first-order chi connectivity index (χ1) is 6.57. The van der Waals surface area contributed by atoms with Crippen LogP contribution < -0.4 is 0 Å². The van der Waals surface area contributed by atoms with Gasteiger partial charge in [-0.25, -0.2) is 0 Å². The van der Waals surface area contributed by atoms with Crippen LogP contribution in [0.15, 0.2) is 0 Å². The maximum absolute atomic E-state index is 9.58. The molecule has 14 heavy (non-hydrogen) atoms. The van der Waals surface area contributed by atoms with Crippen molar-refractivity contribution in [3.63, 3.8) is 0 Å². The Labute approximate surface area is 81.0 Å². The van der Waals surface area contributed by atoms with E-state index in [2.05, 4.69) is 0 Å². The van der Waals surface area contributed by atoms with Gasteiger partial charge in [0.25, 0.3) is 0 Å². The monoisotopic (exact) mass is 205 g/mol. The largest absolute Gasteiger partial charge is 0.395 e. The van der Waals surface area contributed by atoms with Crippen LogP contribution in [0.25, 0.3) is 0 Å². The molecule has 6 nitrogen and oxygen atoms in total. The zero-order valence-corrected chi connectivity index (χ0v) is 7.56. The highest BCUT2D eigenvalue weighted by molar-refractivity contribution is 5.09. The van der Waals surface area contributed by atoms with Gasteiger partial charge in [-0.2, -0.15) is 0 Å². The smallest absolute Gasteiger partial charge is 0.0996 e. The van der Waals surface area contributed by atoms with Crippen LogP contribution >= 0.6 is 0 Å². The van der Waals surface area contributed by atoms with Gasteiger partial charge in [0.1, 0.15) is 0 Å². The predicted molar refractivity (Wildman–Crippen MR) is 45.4 cm³/mol. The van der Waals surface area contributed by atoms with Crippen molar-refractivity contribution in [2.75, 3.05) is 13.2 Å². The van der Waals surface area contributed by atoms with Crippen LogP contribution in [0, 0.1) is 0 Å². The predicted octanol–water partition coefficient (Wildman–Crippen LogP) is -3.51. The Morgan fingerprint density at radius 2 is 1.64 bits per heavy atom. The normalized spacial score (nSPS) is 53.8. The third kappa shape index (κ3) is 1.19. The summed E-state index contributed by atoms with van der Waals surface area (Å²) in [6.07, 6.45) is -4.15. The molecule has 2 heterocycles. The molecule has 0 amide bonds. The molecular formula is C8H15NO5.